The van der Waals surface area contributed by atoms with Crippen molar-refractivity contribution in [2.75, 3.05) is 11.4 Å². The molecule has 0 saturated carbocycles. The Bertz CT molecular complexity index is 695. The van der Waals surface area contributed by atoms with Crippen molar-refractivity contribution in [2.24, 2.45) is 0 Å². The van der Waals surface area contributed by atoms with Gasteiger partial charge >= 0.3 is 0 Å². The van der Waals surface area contributed by atoms with E-state index in [2.05, 4.69) is 9.97 Å². The lowest BCUT2D eigenvalue weighted by Crippen LogP contribution is -2.31. The van der Waals surface area contributed by atoms with E-state index >= 15 is 0 Å². The highest BCUT2D eigenvalue weighted by Gasteiger charge is 2.24. The minimum absolute atomic E-state index is 0.251. The van der Waals surface area contributed by atoms with Crippen molar-refractivity contribution in [3.63, 3.8) is 0 Å². The molecule has 7 heteroatoms. The lowest BCUT2D eigenvalue weighted by molar-refractivity contribution is 0.592. The van der Waals surface area contributed by atoms with Gasteiger partial charge < -0.3 is 4.98 Å². The SMILES string of the molecule is CN(c1ccccn1)S(=O)(=O)c1c[nH]ccc1=O. The summed E-state index contributed by atoms with van der Waals surface area (Å²) < 4.78 is 25.4. The van der Waals surface area contributed by atoms with Crippen LogP contribution in [0.15, 0.2) is 52.5 Å². The predicted octanol–water partition coefficient (Wildman–Crippen LogP) is 0.595. The third kappa shape index (κ3) is 2.12. The molecule has 0 bridgehead atoms. The van der Waals surface area contributed by atoms with Crippen LogP contribution in [0.25, 0.3) is 0 Å². The molecule has 0 aliphatic heterocycles. The molecule has 2 aromatic heterocycles. The number of aromatic amines is 1. The average molecular weight is 265 g/mol. The van der Waals surface area contributed by atoms with Gasteiger partial charge in [0.05, 0.1) is 0 Å². The van der Waals surface area contributed by atoms with E-state index in [1.54, 1.807) is 18.2 Å². The van der Waals surface area contributed by atoms with Crippen LogP contribution in [0, 0.1) is 0 Å². The number of nitrogens with zero attached hydrogens (tertiary/aromatic N) is 2. The Balaban J connectivity index is 2.51. The number of pyridine rings is 2. The second-order valence-corrected chi connectivity index (χ2v) is 5.47. The Morgan fingerprint density at radius 3 is 2.67 bits per heavy atom. The number of nitrogens with one attached hydrogen (secondary N) is 1. The maximum absolute atomic E-state index is 12.2. The van der Waals surface area contributed by atoms with Crippen molar-refractivity contribution < 1.29 is 8.42 Å². The van der Waals surface area contributed by atoms with E-state index < -0.39 is 15.5 Å². The van der Waals surface area contributed by atoms with Crippen molar-refractivity contribution in [3.05, 3.63) is 53.1 Å². The number of anilines is 1. The summed E-state index contributed by atoms with van der Waals surface area (Å²) in [6.07, 6.45) is 4.02. The van der Waals surface area contributed by atoms with Crippen molar-refractivity contribution in [3.8, 4) is 0 Å². The normalized spacial score (nSPS) is 11.2. The number of hydrogen-bond acceptors (Lipinski definition) is 4. The Kier molecular flexibility index (Phi) is 3.15. The molecule has 2 heterocycles. The molecule has 0 aliphatic carbocycles. The molecule has 18 heavy (non-hydrogen) atoms. The van der Waals surface area contributed by atoms with Crippen LogP contribution in [0.1, 0.15) is 0 Å². The maximum atomic E-state index is 12.2. The second-order valence-electron chi connectivity index (χ2n) is 3.53. The van der Waals surface area contributed by atoms with Gasteiger partial charge in [-0.25, -0.2) is 13.4 Å². The number of hydrogen-bond donors (Lipinski definition) is 1. The standard InChI is InChI=1S/C11H11N3O3S/c1-14(11-4-2-3-6-13-11)18(16,17)10-8-12-7-5-9(10)15/h2-8H,1H3,(H,12,15). The van der Waals surface area contributed by atoms with Crippen LogP contribution in [0.3, 0.4) is 0 Å². The van der Waals surface area contributed by atoms with Crippen LogP contribution >= 0.6 is 0 Å². The lowest BCUT2D eigenvalue weighted by atomic mass is 10.5. The number of rotatable bonds is 3. The fourth-order valence-electron chi connectivity index (χ4n) is 1.41. The van der Waals surface area contributed by atoms with Gasteiger partial charge in [-0.1, -0.05) is 6.07 Å². The summed E-state index contributed by atoms with van der Waals surface area (Å²) in [6, 6.07) is 6.07. The van der Waals surface area contributed by atoms with Crippen molar-refractivity contribution in [1.82, 2.24) is 9.97 Å². The third-order valence-electron chi connectivity index (χ3n) is 2.40. The summed E-state index contributed by atoms with van der Waals surface area (Å²) in [5.74, 6) is 0.251. The summed E-state index contributed by atoms with van der Waals surface area (Å²) in [5.41, 5.74) is -0.559. The predicted molar refractivity (Wildman–Crippen MR) is 66.9 cm³/mol. The van der Waals surface area contributed by atoms with Gasteiger partial charge in [0.2, 0.25) is 5.43 Å². The van der Waals surface area contributed by atoms with E-state index in [1.807, 2.05) is 0 Å². The molecule has 94 valence electrons. The molecule has 0 atom stereocenters. The summed E-state index contributed by atoms with van der Waals surface area (Å²) in [4.78, 5) is 17.8. The highest BCUT2D eigenvalue weighted by atomic mass is 32.2. The van der Waals surface area contributed by atoms with Crippen LogP contribution in [0.4, 0.5) is 5.82 Å². The molecule has 2 aromatic rings. The van der Waals surface area contributed by atoms with Crippen LogP contribution in [0.2, 0.25) is 0 Å². The molecular formula is C11H11N3O3S. The lowest BCUT2D eigenvalue weighted by Gasteiger charge is -2.17. The molecule has 0 saturated heterocycles. The van der Waals surface area contributed by atoms with Gasteiger partial charge in [0.25, 0.3) is 10.0 Å². The monoisotopic (exact) mass is 265 g/mol. The van der Waals surface area contributed by atoms with Gasteiger partial charge in [-0.15, -0.1) is 0 Å². The summed E-state index contributed by atoms with van der Waals surface area (Å²) in [5, 5.41) is 0. The van der Waals surface area contributed by atoms with Gasteiger partial charge in [0.15, 0.2) is 4.90 Å². The zero-order valence-corrected chi connectivity index (χ0v) is 10.4. The molecule has 1 N–H and O–H groups in total. The Morgan fingerprint density at radius 1 is 1.28 bits per heavy atom. The average Bonchev–Trinajstić information content (AvgIpc) is 2.39. The van der Waals surface area contributed by atoms with Crippen LogP contribution < -0.4 is 9.73 Å². The Hall–Kier alpha value is -2.15. The van der Waals surface area contributed by atoms with Gasteiger partial charge in [-0.05, 0) is 12.1 Å². The minimum Gasteiger partial charge on any atom is -0.366 e. The molecule has 0 aromatic carbocycles. The Morgan fingerprint density at radius 2 is 2.06 bits per heavy atom. The first-order valence-electron chi connectivity index (χ1n) is 5.10. The zero-order valence-electron chi connectivity index (χ0n) is 9.57. The summed E-state index contributed by atoms with van der Waals surface area (Å²) in [6.45, 7) is 0. The largest absolute Gasteiger partial charge is 0.366 e. The second kappa shape index (κ2) is 4.61. The van der Waals surface area contributed by atoms with Crippen molar-refractivity contribution in [1.29, 1.82) is 0 Å². The maximum Gasteiger partial charge on any atom is 0.270 e. The van der Waals surface area contributed by atoms with E-state index in [4.69, 9.17) is 0 Å². The smallest absolute Gasteiger partial charge is 0.270 e. The van der Waals surface area contributed by atoms with Crippen LogP contribution in [0.5, 0.6) is 0 Å². The molecule has 0 spiro atoms. The van der Waals surface area contributed by atoms with E-state index in [-0.39, 0.29) is 10.7 Å². The minimum atomic E-state index is -3.90. The number of H-pyrrole nitrogens is 1. The quantitative estimate of drug-likeness (QED) is 0.880. The number of sulfonamides is 1. The van der Waals surface area contributed by atoms with Crippen LogP contribution in [-0.2, 0) is 10.0 Å². The first-order chi connectivity index (χ1) is 8.53. The fourth-order valence-corrected chi connectivity index (χ4v) is 2.60. The van der Waals surface area contributed by atoms with E-state index in [0.717, 1.165) is 10.5 Å². The van der Waals surface area contributed by atoms with Crippen molar-refractivity contribution >= 4 is 15.8 Å². The molecule has 2 rings (SSSR count). The third-order valence-corrected chi connectivity index (χ3v) is 4.18. The highest BCUT2D eigenvalue weighted by molar-refractivity contribution is 7.92. The first-order valence-corrected chi connectivity index (χ1v) is 6.54. The Labute approximate surface area is 104 Å². The molecule has 0 amide bonds. The van der Waals surface area contributed by atoms with E-state index in [1.165, 1.54) is 25.5 Å². The molecule has 6 nitrogen and oxygen atoms in total. The molecular weight excluding hydrogens is 254 g/mol. The topological polar surface area (TPSA) is 83.1 Å². The summed E-state index contributed by atoms with van der Waals surface area (Å²) in [7, 11) is -2.54. The molecule has 0 aliphatic rings. The molecule has 0 fully saturated rings. The van der Waals surface area contributed by atoms with E-state index in [0.29, 0.717) is 0 Å². The van der Waals surface area contributed by atoms with E-state index in [9.17, 15) is 13.2 Å². The number of aromatic nitrogens is 2. The van der Waals surface area contributed by atoms with Gasteiger partial charge in [0.1, 0.15) is 5.82 Å². The van der Waals surface area contributed by atoms with Crippen LogP contribution in [-0.4, -0.2) is 25.4 Å². The zero-order chi connectivity index (χ0) is 13.2. The molecule has 0 radical (unpaired) electrons. The highest BCUT2D eigenvalue weighted by Crippen LogP contribution is 2.16. The fraction of sp³-hybridized carbons (Fsp3) is 0.0909. The summed E-state index contributed by atoms with van der Waals surface area (Å²) >= 11 is 0. The van der Waals surface area contributed by atoms with Gasteiger partial charge in [0, 0.05) is 31.7 Å². The van der Waals surface area contributed by atoms with Gasteiger partial charge in [-0.3, -0.25) is 9.10 Å². The molecule has 0 unspecified atom stereocenters. The van der Waals surface area contributed by atoms with Crippen molar-refractivity contribution in [2.45, 2.75) is 4.90 Å². The van der Waals surface area contributed by atoms with Gasteiger partial charge in [-0.2, -0.15) is 0 Å². The first kappa shape index (κ1) is 12.3.